The molecule has 138 valence electrons. The number of benzene rings is 1. The molecule has 1 atom stereocenters. The van der Waals surface area contributed by atoms with Crippen LogP contribution in [-0.4, -0.2) is 37.1 Å². The number of hydrogen-bond donors (Lipinski definition) is 2. The Kier molecular flexibility index (Phi) is 5.51. The minimum atomic E-state index is -0.0333. The number of carbonyl (C=O) groups is 1. The highest BCUT2D eigenvalue weighted by Gasteiger charge is 2.17. The van der Waals surface area contributed by atoms with Crippen LogP contribution in [0.3, 0.4) is 0 Å². The number of nitrogens with zero attached hydrogens (tertiary/aromatic N) is 2. The number of rotatable bonds is 5. The van der Waals surface area contributed by atoms with Gasteiger partial charge in [-0.15, -0.1) is 11.3 Å². The van der Waals surface area contributed by atoms with E-state index in [2.05, 4.69) is 32.7 Å². The molecule has 1 amide bonds. The summed E-state index contributed by atoms with van der Waals surface area (Å²) in [6.07, 6.45) is 4.94. The van der Waals surface area contributed by atoms with E-state index in [9.17, 15) is 4.79 Å². The van der Waals surface area contributed by atoms with E-state index in [-0.39, 0.29) is 5.91 Å². The fraction of sp³-hybridized carbons (Fsp3) is 0.500. The fourth-order valence-corrected chi connectivity index (χ4v) is 4.63. The number of carbonyl (C=O) groups excluding carboxylic acids is 1. The van der Waals surface area contributed by atoms with Crippen molar-refractivity contribution in [3.63, 3.8) is 0 Å². The largest absolute Gasteiger partial charge is 0.348 e. The van der Waals surface area contributed by atoms with E-state index in [0.29, 0.717) is 18.0 Å². The first-order chi connectivity index (χ1) is 12.8. The summed E-state index contributed by atoms with van der Waals surface area (Å²) in [6.45, 7) is 4.84. The van der Waals surface area contributed by atoms with Gasteiger partial charge in [0.25, 0.3) is 5.91 Å². The summed E-state index contributed by atoms with van der Waals surface area (Å²) in [5.74, 6) is 0.536. The maximum Gasteiger partial charge on any atom is 0.251 e. The number of thiazole rings is 1. The van der Waals surface area contributed by atoms with E-state index in [1.165, 1.54) is 31.2 Å². The maximum atomic E-state index is 12.4. The fourth-order valence-electron chi connectivity index (χ4n) is 3.75. The Morgan fingerprint density at radius 3 is 2.77 bits per heavy atom. The molecule has 6 heteroatoms. The van der Waals surface area contributed by atoms with Crippen LogP contribution in [0, 0.1) is 0 Å². The molecule has 2 aliphatic heterocycles. The van der Waals surface area contributed by atoms with E-state index in [1.807, 2.05) is 17.5 Å². The van der Waals surface area contributed by atoms with Crippen molar-refractivity contribution in [2.24, 2.45) is 0 Å². The van der Waals surface area contributed by atoms with Gasteiger partial charge in [-0.05, 0) is 55.8 Å². The Balaban J connectivity index is 1.31. The number of piperidine rings is 1. The molecular weight excluding hydrogens is 344 g/mol. The van der Waals surface area contributed by atoms with Crippen molar-refractivity contribution in [3.05, 3.63) is 46.5 Å². The summed E-state index contributed by atoms with van der Waals surface area (Å²) in [4.78, 5) is 19.4. The van der Waals surface area contributed by atoms with Crippen molar-refractivity contribution in [1.29, 1.82) is 0 Å². The molecule has 26 heavy (non-hydrogen) atoms. The third kappa shape index (κ3) is 4.07. The quantitative estimate of drug-likeness (QED) is 0.849. The lowest BCUT2D eigenvalue weighted by atomic mass is 9.91. The van der Waals surface area contributed by atoms with Gasteiger partial charge in [-0.2, -0.15) is 0 Å². The van der Waals surface area contributed by atoms with Gasteiger partial charge >= 0.3 is 0 Å². The van der Waals surface area contributed by atoms with Crippen LogP contribution in [0.15, 0.2) is 29.6 Å². The zero-order valence-electron chi connectivity index (χ0n) is 15.0. The Bertz CT molecular complexity index is 731. The topological polar surface area (TPSA) is 57.3 Å². The molecule has 0 bridgehead atoms. The van der Waals surface area contributed by atoms with Crippen LogP contribution in [0.2, 0.25) is 0 Å². The third-order valence-corrected chi connectivity index (χ3v) is 6.24. The SMILES string of the molecule is O=C(NCc1csc(N2CCCC2)n1)c1ccc([C@@H]2CCCNC2)cc1. The second-order valence-corrected chi connectivity index (χ2v) is 8.00. The van der Waals surface area contributed by atoms with Gasteiger partial charge < -0.3 is 15.5 Å². The van der Waals surface area contributed by atoms with Crippen LogP contribution in [0.4, 0.5) is 5.13 Å². The molecule has 3 heterocycles. The second-order valence-electron chi connectivity index (χ2n) is 7.16. The van der Waals surface area contributed by atoms with E-state index >= 15 is 0 Å². The van der Waals surface area contributed by atoms with Gasteiger partial charge in [0.15, 0.2) is 5.13 Å². The van der Waals surface area contributed by atoms with Crippen molar-refractivity contribution in [1.82, 2.24) is 15.6 Å². The molecule has 5 nitrogen and oxygen atoms in total. The molecule has 2 N–H and O–H groups in total. The summed E-state index contributed by atoms with van der Waals surface area (Å²) >= 11 is 1.67. The van der Waals surface area contributed by atoms with Gasteiger partial charge in [0.2, 0.25) is 0 Å². The van der Waals surface area contributed by atoms with Crippen molar-refractivity contribution in [2.45, 2.75) is 38.1 Å². The second kappa shape index (κ2) is 8.18. The highest BCUT2D eigenvalue weighted by atomic mass is 32.1. The van der Waals surface area contributed by atoms with E-state index in [0.717, 1.165) is 37.0 Å². The molecule has 4 rings (SSSR count). The van der Waals surface area contributed by atoms with Gasteiger partial charge in [0, 0.05) is 30.6 Å². The van der Waals surface area contributed by atoms with E-state index in [1.54, 1.807) is 11.3 Å². The molecule has 0 radical (unpaired) electrons. The molecule has 2 saturated heterocycles. The molecule has 0 aliphatic carbocycles. The molecule has 0 spiro atoms. The van der Waals surface area contributed by atoms with Crippen molar-refractivity contribution in [2.75, 3.05) is 31.1 Å². The van der Waals surface area contributed by atoms with Gasteiger partial charge in [-0.3, -0.25) is 4.79 Å². The Morgan fingerprint density at radius 2 is 2.04 bits per heavy atom. The minimum absolute atomic E-state index is 0.0333. The number of nitrogens with one attached hydrogen (secondary N) is 2. The molecule has 0 saturated carbocycles. The molecule has 1 aromatic heterocycles. The lowest BCUT2D eigenvalue weighted by Gasteiger charge is -2.23. The number of anilines is 1. The first kappa shape index (κ1) is 17.5. The van der Waals surface area contributed by atoms with Gasteiger partial charge in [-0.25, -0.2) is 4.98 Å². The molecule has 2 aromatic rings. The number of aromatic nitrogens is 1. The lowest BCUT2D eigenvalue weighted by Crippen LogP contribution is -2.28. The first-order valence-electron chi connectivity index (χ1n) is 9.58. The average molecular weight is 371 g/mol. The maximum absolute atomic E-state index is 12.4. The van der Waals surface area contributed by atoms with Crippen LogP contribution in [0.5, 0.6) is 0 Å². The van der Waals surface area contributed by atoms with Crippen LogP contribution >= 0.6 is 11.3 Å². The Morgan fingerprint density at radius 1 is 1.23 bits per heavy atom. The van der Waals surface area contributed by atoms with E-state index < -0.39 is 0 Å². The summed E-state index contributed by atoms with van der Waals surface area (Å²) < 4.78 is 0. The van der Waals surface area contributed by atoms with Gasteiger partial charge in [-0.1, -0.05) is 12.1 Å². The molecule has 2 fully saturated rings. The molecule has 2 aliphatic rings. The molecule has 1 aromatic carbocycles. The molecule has 0 unspecified atom stereocenters. The minimum Gasteiger partial charge on any atom is -0.348 e. The van der Waals surface area contributed by atoms with Crippen LogP contribution < -0.4 is 15.5 Å². The monoisotopic (exact) mass is 370 g/mol. The van der Waals surface area contributed by atoms with Gasteiger partial charge in [0.05, 0.1) is 12.2 Å². The third-order valence-electron chi connectivity index (χ3n) is 5.29. The highest BCUT2D eigenvalue weighted by Crippen LogP contribution is 2.25. The van der Waals surface area contributed by atoms with Crippen molar-refractivity contribution < 1.29 is 4.79 Å². The summed E-state index contributed by atoms with van der Waals surface area (Å²) in [5, 5.41) is 9.56. The van der Waals surface area contributed by atoms with Crippen molar-refractivity contribution >= 4 is 22.4 Å². The Labute approximate surface area is 158 Å². The smallest absolute Gasteiger partial charge is 0.251 e. The van der Waals surface area contributed by atoms with Crippen LogP contribution in [0.1, 0.15) is 53.2 Å². The van der Waals surface area contributed by atoms with E-state index in [4.69, 9.17) is 0 Å². The predicted molar refractivity (Wildman–Crippen MR) is 106 cm³/mol. The van der Waals surface area contributed by atoms with Crippen molar-refractivity contribution in [3.8, 4) is 0 Å². The summed E-state index contributed by atoms with van der Waals surface area (Å²) in [6, 6.07) is 8.08. The highest BCUT2D eigenvalue weighted by molar-refractivity contribution is 7.13. The normalized spacial score (nSPS) is 20.3. The number of amides is 1. The Hall–Kier alpha value is -1.92. The predicted octanol–water partition coefficient (Wildman–Crippen LogP) is 3.14. The van der Waals surface area contributed by atoms with Crippen LogP contribution in [0.25, 0.3) is 0 Å². The average Bonchev–Trinajstić information content (AvgIpc) is 3.38. The standard InChI is InChI=1S/C20H26N4OS/c25-19(16-7-5-15(6-8-16)17-4-3-9-21-12-17)22-13-18-14-26-20(23-18)24-10-1-2-11-24/h5-8,14,17,21H,1-4,9-13H2,(H,22,25)/t17-/m1/s1. The lowest BCUT2D eigenvalue weighted by molar-refractivity contribution is 0.0950. The molecular formula is C20H26N4OS. The van der Waals surface area contributed by atoms with Crippen LogP contribution in [-0.2, 0) is 6.54 Å². The summed E-state index contributed by atoms with van der Waals surface area (Å²) in [7, 11) is 0. The van der Waals surface area contributed by atoms with Gasteiger partial charge in [0.1, 0.15) is 0 Å². The zero-order valence-corrected chi connectivity index (χ0v) is 15.9. The number of hydrogen-bond acceptors (Lipinski definition) is 5. The zero-order chi connectivity index (χ0) is 17.8. The first-order valence-corrected chi connectivity index (χ1v) is 10.5. The summed E-state index contributed by atoms with van der Waals surface area (Å²) in [5.41, 5.74) is 2.98.